The summed E-state index contributed by atoms with van der Waals surface area (Å²) in [6.45, 7) is 1.01. The number of imidazole rings is 1. The Morgan fingerprint density at radius 2 is 2.20 bits per heavy atom. The number of nitrogens with one attached hydrogen (secondary N) is 2. The number of hydrazine groups is 1. The van der Waals surface area contributed by atoms with E-state index in [9.17, 15) is 8.42 Å². The molecule has 0 aliphatic carbocycles. The lowest BCUT2D eigenvalue weighted by Crippen LogP contribution is -2.27. The smallest absolute Gasteiger partial charge is 0.244 e. The molecule has 0 saturated carbocycles. The third kappa shape index (κ3) is 3.53. The van der Waals surface area contributed by atoms with Crippen LogP contribution in [0.2, 0.25) is 0 Å². The summed E-state index contributed by atoms with van der Waals surface area (Å²) in [5.41, 5.74) is 2.27. The van der Waals surface area contributed by atoms with Crippen LogP contribution < -0.4 is 16.0 Å². The van der Waals surface area contributed by atoms with Gasteiger partial charge in [0.2, 0.25) is 10.0 Å². The Hall–Kier alpha value is -1.97. The molecule has 0 amide bonds. The highest BCUT2D eigenvalue weighted by atomic mass is 32.2. The minimum Gasteiger partial charge on any atom is -0.337 e. The second-order valence-corrected chi connectivity index (χ2v) is 5.78. The third-order valence-electron chi connectivity index (χ3n) is 2.64. The second kappa shape index (κ2) is 6.46. The number of aryl methyl sites for hydroxylation is 1. The summed E-state index contributed by atoms with van der Waals surface area (Å²) in [5, 5.41) is 0. The Kier molecular flexibility index (Phi) is 4.66. The van der Waals surface area contributed by atoms with E-state index in [1.54, 1.807) is 18.6 Å². The molecule has 0 spiro atoms. The van der Waals surface area contributed by atoms with Crippen LogP contribution in [-0.2, 0) is 16.6 Å². The summed E-state index contributed by atoms with van der Waals surface area (Å²) >= 11 is 0. The number of nitrogens with zero attached hydrogens (tertiary/aromatic N) is 3. The summed E-state index contributed by atoms with van der Waals surface area (Å²) in [7, 11) is -3.62. The van der Waals surface area contributed by atoms with Gasteiger partial charge in [0.1, 0.15) is 4.90 Å². The average Bonchev–Trinajstić information content (AvgIpc) is 2.97. The molecule has 2 heterocycles. The topological polar surface area (TPSA) is 115 Å². The van der Waals surface area contributed by atoms with Crippen LogP contribution in [0.4, 0.5) is 5.82 Å². The molecule has 0 bridgehead atoms. The highest BCUT2D eigenvalue weighted by Crippen LogP contribution is 2.16. The zero-order valence-corrected chi connectivity index (χ0v) is 11.5. The van der Waals surface area contributed by atoms with E-state index >= 15 is 0 Å². The van der Waals surface area contributed by atoms with Crippen LogP contribution in [0, 0.1) is 0 Å². The lowest BCUT2D eigenvalue weighted by Gasteiger charge is -2.10. The summed E-state index contributed by atoms with van der Waals surface area (Å²) in [6.07, 6.45) is 7.31. The van der Waals surface area contributed by atoms with Crippen molar-refractivity contribution in [3.63, 3.8) is 0 Å². The summed E-state index contributed by atoms with van der Waals surface area (Å²) in [5.74, 6) is 5.37. The van der Waals surface area contributed by atoms with Gasteiger partial charge in [-0.3, -0.25) is 0 Å². The van der Waals surface area contributed by atoms with E-state index in [4.69, 9.17) is 5.84 Å². The first-order valence-electron chi connectivity index (χ1n) is 6.00. The van der Waals surface area contributed by atoms with Crippen LogP contribution in [0.3, 0.4) is 0 Å². The van der Waals surface area contributed by atoms with Crippen molar-refractivity contribution in [1.82, 2.24) is 19.3 Å². The van der Waals surface area contributed by atoms with Crippen LogP contribution >= 0.6 is 0 Å². The van der Waals surface area contributed by atoms with Gasteiger partial charge < -0.3 is 9.99 Å². The molecule has 2 aromatic rings. The van der Waals surface area contributed by atoms with E-state index in [0.29, 0.717) is 19.5 Å². The molecule has 108 valence electrons. The van der Waals surface area contributed by atoms with E-state index < -0.39 is 10.0 Å². The quantitative estimate of drug-likeness (QED) is 0.374. The number of pyridine rings is 1. The van der Waals surface area contributed by atoms with E-state index in [2.05, 4.69) is 20.1 Å². The van der Waals surface area contributed by atoms with Gasteiger partial charge in [-0.15, -0.1) is 0 Å². The maximum absolute atomic E-state index is 12.1. The maximum atomic E-state index is 12.1. The normalized spacial score (nSPS) is 11.4. The van der Waals surface area contributed by atoms with Crippen molar-refractivity contribution in [2.75, 3.05) is 12.0 Å². The first-order chi connectivity index (χ1) is 9.63. The number of rotatable bonds is 7. The van der Waals surface area contributed by atoms with Crippen molar-refractivity contribution in [2.24, 2.45) is 5.84 Å². The number of nitrogen functional groups attached to an aromatic ring is 1. The van der Waals surface area contributed by atoms with Gasteiger partial charge in [-0.1, -0.05) is 0 Å². The van der Waals surface area contributed by atoms with Gasteiger partial charge in [0.25, 0.3) is 0 Å². The molecule has 8 nitrogen and oxygen atoms in total. The lowest BCUT2D eigenvalue weighted by atomic mass is 10.4. The largest absolute Gasteiger partial charge is 0.337 e. The van der Waals surface area contributed by atoms with Crippen LogP contribution in [-0.4, -0.2) is 29.5 Å². The molecule has 9 heteroatoms. The van der Waals surface area contributed by atoms with Gasteiger partial charge in [0.15, 0.2) is 5.82 Å². The molecular formula is C11H16N6O2S. The van der Waals surface area contributed by atoms with Gasteiger partial charge in [-0.2, -0.15) is 0 Å². The van der Waals surface area contributed by atoms with Crippen molar-refractivity contribution in [3.05, 3.63) is 37.1 Å². The first-order valence-corrected chi connectivity index (χ1v) is 7.49. The van der Waals surface area contributed by atoms with Crippen molar-refractivity contribution < 1.29 is 8.42 Å². The Labute approximate surface area is 117 Å². The van der Waals surface area contributed by atoms with Crippen LogP contribution in [0.1, 0.15) is 6.42 Å². The van der Waals surface area contributed by atoms with Crippen LogP contribution in [0.25, 0.3) is 0 Å². The standard InChI is InChI=1S/C11H16N6O2S/c12-16-11-10(3-1-4-14-11)20(18,19)15-5-2-7-17-8-6-13-9-17/h1,3-4,6,8-9,15H,2,5,7,12H2,(H,14,16). The molecular weight excluding hydrogens is 280 g/mol. The van der Waals surface area contributed by atoms with Crippen molar-refractivity contribution in [2.45, 2.75) is 17.9 Å². The fraction of sp³-hybridized carbons (Fsp3) is 0.273. The molecule has 4 N–H and O–H groups in total. The predicted octanol–water partition coefficient (Wildman–Crippen LogP) is -0.0677. The minimum atomic E-state index is -3.62. The highest BCUT2D eigenvalue weighted by Gasteiger charge is 2.18. The molecule has 2 aromatic heterocycles. The van der Waals surface area contributed by atoms with Gasteiger partial charge in [-0.25, -0.2) is 29.0 Å². The number of hydrogen-bond donors (Lipinski definition) is 3. The molecule has 0 atom stereocenters. The van der Waals surface area contributed by atoms with E-state index in [0.717, 1.165) is 0 Å². The average molecular weight is 296 g/mol. The number of hydrogen-bond acceptors (Lipinski definition) is 6. The fourth-order valence-electron chi connectivity index (χ4n) is 1.68. The summed E-state index contributed by atoms with van der Waals surface area (Å²) in [6, 6.07) is 2.99. The third-order valence-corrected chi connectivity index (χ3v) is 4.13. The van der Waals surface area contributed by atoms with Crippen molar-refractivity contribution in [3.8, 4) is 0 Å². The molecule has 0 saturated heterocycles. The second-order valence-electron chi connectivity index (χ2n) is 4.05. The molecule has 0 unspecified atom stereocenters. The predicted molar refractivity (Wildman–Crippen MR) is 74.1 cm³/mol. The van der Waals surface area contributed by atoms with Gasteiger partial charge >= 0.3 is 0 Å². The van der Waals surface area contributed by atoms with E-state index in [1.165, 1.54) is 12.3 Å². The lowest BCUT2D eigenvalue weighted by molar-refractivity contribution is 0.569. The van der Waals surface area contributed by atoms with E-state index in [-0.39, 0.29) is 10.7 Å². The van der Waals surface area contributed by atoms with Crippen LogP contribution in [0.15, 0.2) is 41.9 Å². The highest BCUT2D eigenvalue weighted by molar-refractivity contribution is 7.89. The van der Waals surface area contributed by atoms with E-state index in [1.807, 2.05) is 10.8 Å². The number of nitrogens with two attached hydrogens (primary N) is 1. The monoisotopic (exact) mass is 296 g/mol. The fourth-order valence-corrected chi connectivity index (χ4v) is 2.87. The summed E-state index contributed by atoms with van der Waals surface area (Å²) < 4.78 is 28.6. The number of anilines is 1. The zero-order chi connectivity index (χ0) is 14.4. The zero-order valence-electron chi connectivity index (χ0n) is 10.7. The Bertz CT molecular complexity index is 641. The van der Waals surface area contributed by atoms with Gasteiger partial charge in [0.05, 0.1) is 6.33 Å². The van der Waals surface area contributed by atoms with Crippen LogP contribution in [0.5, 0.6) is 0 Å². The molecule has 0 fully saturated rings. The molecule has 2 rings (SSSR count). The maximum Gasteiger partial charge on any atom is 0.244 e. The molecule has 0 aromatic carbocycles. The Morgan fingerprint density at radius 3 is 2.90 bits per heavy atom. The van der Waals surface area contributed by atoms with Gasteiger partial charge in [0, 0.05) is 31.7 Å². The number of sulfonamides is 1. The SMILES string of the molecule is NNc1ncccc1S(=O)(=O)NCCCn1ccnc1. The van der Waals surface area contributed by atoms with Crippen molar-refractivity contribution >= 4 is 15.8 Å². The van der Waals surface area contributed by atoms with Gasteiger partial charge in [-0.05, 0) is 18.6 Å². The number of aromatic nitrogens is 3. The summed E-state index contributed by atoms with van der Waals surface area (Å²) in [4.78, 5) is 7.81. The first kappa shape index (κ1) is 14.4. The minimum absolute atomic E-state index is 0.0325. The Morgan fingerprint density at radius 1 is 1.35 bits per heavy atom. The Balaban J connectivity index is 1.94. The molecule has 0 radical (unpaired) electrons. The van der Waals surface area contributed by atoms with Crippen molar-refractivity contribution in [1.29, 1.82) is 0 Å². The molecule has 20 heavy (non-hydrogen) atoms. The molecule has 0 aliphatic heterocycles. The molecule has 0 aliphatic rings.